The molecule has 0 fully saturated rings. The lowest BCUT2D eigenvalue weighted by molar-refractivity contribution is -0.116. The van der Waals surface area contributed by atoms with E-state index < -0.39 is 0 Å². The molecule has 0 aliphatic carbocycles. The van der Waals surface area contributed by atoms with Crippen molar-refractivity contribution in [2.75, 3.05) is 6.54 Å². The van der Waals surface area contributed by atoms with Gasteiger partial charge in [-0.25, -0.2) is 0 Å². The number of carbonyl (C=O) groups excluding carboxylic acids is 1. The first-order valence-electron chi connectivity index (χ1n) is 4.05. The van der Waals surface area contributed by atoms with Crippen LogP contribution in [0, 0.1) is 17.8 Å². The number of rotatable bonds is 3. The van der Waals surface area contributed by atoms with Crippen LogP contribution in [0.5, 0.6) is 0 Å². The summed E-state index contributed by atoms with van der Waals surface area (Å²) in [6.45, 7) is 6.11. The van der Waals surface area contributed by atoms with Crippen molar-refractivity contribution in [3.63, 3.8) is 0 Å². The normalized spacial score (nSPS) is 11.8. The van der Waals surface area contributed by atoms with E-state index in [9.17, 15) is 4.79 Å². The van der Waals surface area contributed by atoms with Crippen LogP contribution >= 0.6 is 0 Å². The molecule has 1 amide bonds. The molecule has 1 atom stereocenters. The zero-order valence-electron chi connectivity index (χ0n) is 7.85. The third-order valence-electron chi connectivity index (χ3n) is 1.61. The second-order valence-corrected chi connectivity index (χ2v) is 2.93. The van der Waals surface area contributed by atoms with Gasteiger partial charge in [-0.1, -0.05) is 19.8 Å². The Hall–Kier alpha value is -1.01. The highest BCUT2D eigenvalue weighted by Gasteiger charge is 2.12. The number of carbonyl (C=O) groups is 1. The van der Waals surface area contributed by atoms with Crippen LogP contribution in [0.25, 0.3) is 0 Å². The summed E-state index contributed by atoms with van der Waals surface area (Å²) in [5.74, 6) is 5.04. The van der Waals surface area contributed by atoms with Crippen LogP contribution in [0.2, 0.25) is 0 Å². The zero-order valence-corrected chi connectivity index (χ0v) is 7.85. The van der Waals surface area contributed by atoms with Gasteiger partial charge in [-0.3, -0.25) is 4.79 Å². The molecule has 0 bridgehead atoms. The molecule has 0 aromatic rings. The molecule has 0 heterocycles. The molecule has 0 aliphatic heterocycles. The van der Waals surface area contributed by atoms with Gasteiger partial charge in [0.15, 0.2) is 0 Å². The third kappa shape index (κ3) is 3.99. The Balaban J connectivity index is 4.00. The van der Waals surface area contributed by atoms with Crippen molar-refractivity contribution in [2.45, 2.75) is 26.8 Å². The van der Waals surface area contributed by atoms with Gasteiger partial charge in [0.05, 0.1) is 0 Å². The van der Waals surface area contributed by atoms with E-state index in [-0.39, 0.29) is 11.9 Å². The predicted octanol–water partition coefficient (Wildman–Crippen LogP) is 0.109. The summed E-state index contributed by atoms with van der Waals surface area (Å²) in [5, 5.41) is 2.73. The van der Waals surface area contributed by atoms with E-state index in [1.54, 1.807) is 6.92 Å². The molecule has 0 saturated heterocycles. The smallest absolute Gasteiger partial charge is 0.296 e. The highest BCUT2D eigenvalue weighted by molar-refractivity contribution is 5.93. The fraction of sp³-hybridized carbons (Fsp3) is 0.667. The lowest BCUT2D eigenvalue weighted by atomic mass is 10.1. The van der Waals surface area contributed by atoms with Gasteiger partial charge < -0.3 is 11.1 Å². The molecule has 0 rings (SSSR count). The van der Waals surface area contributed by atoms with E-state index in [1.165, 1.54) is 0 Å². The molecule has 3 heteroatoms. The minimum atomic E-state index is -0.248. The molecule has 1 unspecified atom stereocenters. The highest BCUT2D eigenvalue weighted by Crippen LogP contribution is 1.98. The lowest BCUT2D eigenvalue weighted by Crippen LogP contribution is -2.43. The summed E-state index contributed by atoms with van der Waals surface area (Å²) in [6, 6.07) is 0.0262. The van der Waals surface area contributed by atoms with Crippen molar-refractivity contribution >= 4 is 5.91 Å². The molecule has 0 aromatic carbocycles. The SMILES string of the molecule is CC#CC(=O)NC(CN)C(C)C. The topological polar surface area (TPSA) is 55.1 Å². The molecule has 0 saturated carbocycles. The average molecular weight is 168 g/mol. The first kappa shape index (κ1) is 11.0. The van der Waals surface area contributed by atoms with Crippen LogP contribution in [0.4, 0.5) is 0 Å². The van der Waals surface area contributed by atoms with Crippen molar-refractivity contribution in [1.82, 2.24) is 5.32 Å². The Kier molecular flexibility index (Phi) is 5.14. The Morgan fingerprint density at radius 3 is 2.50 bits per heavy atom. The van der Waals surface area contributed by atoms with Gasteiger partial charge in [-0.2, -0.15) is 0 Å². The molecule has 0 spiro atoms. The second-order valence-electron chi connectivity index (χ2n) is 2.93. The number of nitrogens with two attached hydrogens (primary N) is 1. The van der Waals surface area contributed by atoms with Crippen molar-refractivity contribution in [3.8, 4) is 11.8 Å². The largest absolute Gasteiger partial charge is 0.341 e. The lowest BCUT2D eigenvalue weighted by Gasteiger charge is -2.18. The first-order chi connectivity index (χ1) is 5.61. The van der Waals surface area contributed by atoms with Gasteiger partial charge in [0, 0.05) is 12.6 Å². The summed E-state index contributed by atoms with van der Waals surface area (Å²) in [4.78, 5) is 11.0. The molecule has 3 nitrogen and oxygen atoms in total. The standard InChI is InChI=1S/C9H16N2O/c1-4-5-9(12)11-8(6-10)7(2)3/h7-8H,6,10H2,1-3H3,(H,11,12). The Morgan fingerprint density at radius 2 is 2.17 bits per heavy atom. The Morgan fingerprint density at radius 1 is 1.58 bits per heavy atom. The monoisotopic (exact) mass is 168 g/mol. The molecule has 12 heavy (non-hydrogen) atoms. The fourth-order valence-electron chi connectivity index (χ4n) is 0.816. The maximum Gasteiger partial charge on any atom is 0.296 e. The zero-order chi connectivity index (χ0) is 9.56. The minimum Gasteiger partial charge on any atom is -0.341 e. The van der Waals surface area contributed by atoms with Crippen molar-refractivity contribution in [1.29, 1.82) is 0 Å². The molecule has 0 aromatic heterocycles. The maximum absolute atomic E-state index is 11.0. The van der Waals surface area contributed by atoms with Crippen LogP contribution in [0.15, 0.2) is 0 Å². The van der Waals surface area contributed by atoms with Crippen LogP contribution in [0.1, 0.15) is 20.8 Å². The molecule has 68 valence electrons. The minimum absolute atomic E-state index is 0.0262. The summed E-state index contributed by atoms with van der Waals surface area (Å²) in [6.07, 6.45) is 0. The second kappa shape index (κ2) is 5.62. The van der Waals surface area contributed by atoms with E-state index in [4.69, 9.17) is 5.73 Å². The van der Waals surface area contributed by atoms with Gasteiger partial charge in [-0.15, -0.1) is 0 Å². The quantitative estimate of drug-likeness (QED) is 0.588. The summed E-state index contributed by atoms with van der Waals surface area (Å²) >= 11 is 0. The van der Waals surface area contributed by atoms with Crippen LogP contribution in [0.3, 0.4) is 0 Å². The number of amides is 1. The van der Waals surface area contributed by atoms with Gasteiger partial charge in [0.25, 0.3) is 5.91 Å². The van der Waals surface area contributed by atoms with Crippen LogP contribution in [-0.4, -0.2) is 18.5 Å². The van der Waals surface area contributed by atoms with Crippen molar-refractivity contribution in [3.05, 3.63) is 0 Å². The molecule has 0 radical (unpaired) electrons. The highest BCUT2D eigenvalue weighted by atomic mass is 16.1. The van der Waals surface area contributed by atoms with E-state index in [1.807, 2.05) is 13.8 Å². The van der Waals surface area contributed by atoms with Crippen molar-refractivity contribution in [2.24, 2.45) is 11.7 Å². The summed E-state index contributed by atoms with van der Waals surface area (Å²) in [5.41, 5.74) is 5.46. The molecule has 3 N–H and O–H groups in total. The van der Waals surface area contributed by atoms with Gasteiger partial charge in [-0.05, 0) is 18.8 Å². The fourth-order valence-corrected chi connectivity index (χ4v) is 0.816. The van der Waals surface area contributed by atoms with Gasteiger partial charge in [0.2, 0.25) is 0 Å². The van der Waals surface area contributed by atoms with Gasteiger partial charge >= 0.3 is 0 Å². The summed E-state index contributed by atoms with van der Waals surface area (Å²) < 4.78 is 0. The first-order valence-corrected chi connectivity index (χ1v) is 4.05. The van der Waals surface area contributed by atoms with Crippen LogP contribution < -0.4 is 11.1 Å². The molecule has 0 aliphatic rings. The van der Waals surface area contributed by atoms with E-state index >= 15 is 0 Å². The Bertz CT molecular complexity index is 200. The Labute approximate surface area is 73.7 Å². The van der Waals surface area contributed by atoms with E-state index in [0.717, 1.165) is 0 Å². The molecular formula is C9H16N2O. The maximum atomic E-state index is 11.0. The van der Waals surface area contributed by atoms with Gasteiger partial charge in [0.1, 0.15) is 0 Å². The van der Waals surface area contributed by atoms with E-state index in [2.05, 4.69) is 17.2 Å². The van der Waals surface area contributed by atoms with Crippen LogP contribution in [-0.2, 0) is 4.79 Å². The number of nitrogens with one attached hydrogen (secondary N) is 1. The summed E-state index contributed by atoms with van der Waals surface area (Å²) in [7, 11) is 0. The third-order valence-corrected chi connectivity index (χ3v) is 1.61. The van der Waals surface area contributed by atoms with Crippen molar-refractivity contribution < 1.29 is 4.79 Å². The van der Waals surface area contributed by atoms with E-state index in [0.29, 0.717) is 12.5 Å². The average Bonchev–Trinajstić information content (AvgIpc) is 2.00. The predicted molar refractivity (Wildman–Crippen MR) is 49.3 cm³/mol. The molecular weight excluding hydrogens is 152 g/mol. The number of hydrogen-bond acceptors (Lipinski definition) is 2. The number of hydrogen-bond donors (Lipinski definition) is 2.